The SMILES string of the molecule is [Cu].[Mo].[V].[W]. The van der Waals surface area contributed by atoms with Gasteiger partial charge in [-0.2, -0.15) is 0 Å². The Hall–Kier alpha value is 2.48. The van der Waals surface area contributed by atoms with Crippen LogP contribution in [0, 0.1) is 0 Å². The van der Waals surface area contributed by atoms with Crippen LogP contribution in [-0.4, -0.2) is 0 Å². The molecule has 0 amide bonds. The normalized spacial score (nSPS) is 0. The largest absolute Gasteiger partial charge is 0 e. The van der Waals surface area contributed by atoms with Gasteiger partial charge < -0.3 is 0 Å². The molecule has 0 spiro atoms. The van der Waals surface area contributed by atoms with Crippen LogP contribution in [0.15, 0.2) is 0 Å². The molecule has 0 saturated carbocycles. The molecule has 0 N–H and O–H groups in total. The predicted octanol–water partition coefficient (Wildman–Crippen LogP) is -0.0100. The number of rotatable bonds is 0. The van der Waals surface area contributed by atoms with Crippen LogP contribution in [-0.2, 0) is 77.8 Å². The van der Waals surface area contributed by atoms with Gasteiger partial charge in [0.2, 0.25) is 0 Å². The molecule has 0 aromatic carbocycles. The molecule has 0 aliphatic rings. The molecule has 4 heteroatoms. The molecule has 0 rings (SSSR count). The Kier molecular flexibility index (Phi) is 141. The molecule has 28 valence electrons. The summed E-state index contributed by atoms with van der Waals surface area (Å²) in [6, 6.07) is 0. The van der Waals surface area contributed by atoms with Crippen molar-refractivity contribution in [2.45, 2.75) is 0 Å². The van der Waals surface area contributed by atoms with E-state index in [0.717, 1.165) is 0 Å². The molecule has 0 atom stereocenters. The summed E-state index contributed by atoms with van der Waals surface area (Å²) in [4.78, 5) is 0. The molecule has 0 saturated heterocycles. The zero-order valence-electron chi connectivity index (χ0n) is 1.57. The van der Waals surface area contributed by atoms with Crippen LogP contribution in [0.4, 0.5) is 0 Å². The van der Waals surface area contributed by atoms with Crippen LogP contribution in [0.2, 0.25) is 0 Å². The van der Waals surface area contributed by atoms with Crippen LogP contribution in [0.5, 0.6) is 0 Å². The summed E-state index contributed by atoms with van der Waals surface area (Å²) in [7, 11) is 0. The maximum absolute atomic E-state index is 0. The summed E-state index contributed by atoms with van der Waals surface area (Å²) in [6.07, 6.45) is 0. The van der Waals surface area contributed by atoms with Gasteiger partial charge in [-0.25, -0.2) is 0 Å². The zero-order chi connectivity index (χ0) is 0. The molecule has 0 aliphatic carbocycles. The molecule has 0 fully saturated rings. The van der Waals surface area contributed by atoms with E-state index in [1.165, 1.54) is 0 Å². The van der Waals surface area contributed by atoms with Crippen LogP contribution in [0.1, 0.15) is 0 Å². The monoisotopic (exact) mass is 396 g/mol. The fraction of sp³-hybridized carbons (Fsp3) is 0. The molecular weight excluding hydrogens is 394 g/mol. The summed E-state index contributed by atoms with van der Waals surface area (Å²) < 4.78 is 0. The van der Waals surface area contributed by atoms with Crippen molar-refractivity contribution in [1.29, 1.82) is 0 Å². The van der Waals surface area contributed by atoms with Gasteiger partial charge in [-0.15, -0.1) is 0 Å². The van der Waals surface area contributed by atoms with E-state index in [4.69, 9.17) is 0 Å². The molecule has 0 unspecified atom stereocenters. The topological polar surface area (TPSA) is 0 Å². The van der Waals surface area contributed by atoms with Crippen molar-refractivity contribution < 1.29 is 77.8 Å². The fourth-order valence-electron chi connectivity index (χ4n) is 0. The summed E-state index contributed by atoms with van der Waals surface area (Å²) in [5.41, 5.74) is 0. The smallest absolute Gasteiger partial charge is 0 e. The predicted molar refractivity (Wildman–Crippen MR) is 0 cm³/mol. The van der Waals surface area contributed by atoms with E-state index in [1.807, 2.05) is 0 Å². The van der Waals surface area contributed by atoms with Gasteiger partial charge in [0.05, 0.1) is 0 Å². The maximum atomic E-state index is 0. The Balaban J connectivity index is 0. The third kappa shape index (κ3) is 8.82. The number of hydrogen-bond donors (Lipinski definition) is 0. The van der Waals surface area contributed by atoms with Gasteiger partial charge in [-0.1, -0.05) is 0 Å². The van der Waals surface area contributed by atoms with Gasteiger partial charge in [0.25, 0.3) is 0 Å². The van der Waals surface area contributed by atoms with Crippen LogP contribution in [0.3, 0.4) is 0 Å². The molecule has 0 aromatic rings. The second-order valence-corrected chi connectivity index (χ2v) is 0. The molecular formula is CuMoVW. The maximum Gasteiger partial charge on any atom is 0 e. The molecule has 0 nitrogen and oxygen atoms in total. The van der Waals surface area contributed by atoms with Crippen LogP contribution >= 0.6 is 0 Å². The van der Waals surface area contributed by atoms with E-state index in [1.54, 1.807) is 0 Å². The van der Waals surface area contributed by atoms with Gasteiger partial charge in [0.15, 0.2) is 0 Å². The Morgan fingerprint density at radius 2 is 1.00 bits per heavy atom. The standard InChI is InChI=1S/Cu.Mo.V.W. The Labute approximate surface area is 76.7 Å². The minimum absolute atomic E-state index is 0. The quantitative estimate of drug-likeness (QED) is 0.508. The summed E-state index contributed by atoms with van der Waals surface area (Å²) in [6.45, 7) is 0. The Bertz CT molecular complexity index is 8.00. The number of hydrogen-bond acceptors (Lipinski definition) is 0. The van der Waals surface area contributed by atoms with Crippen molar-refractivity contribution in [2.24, 2.45) is 0 Å². The molecule has 0 aromatic heterocycles. The van der Waals surface area contributed by atoms with Gasteiger partial charge in [0, 0.05) is 77.8 Å². The minimum Gasteiger partial charge on any atom is 0 e. The first-order chi connectivity index (χ1) is 0. The fourth-order valence-corrected chi connectivity index (χ4v) is 0. The second kappa shape index (κ2) is 17.9. The van der Waals surface area contributed by atoms with Gasteiger partial charge in [-0.05, 0) is 0 Å². The molecule has 2 radical (unpaired) electrons. The van der Waals surface area contributed by atoms with E-state index in [2.05, 4.69) is 0 Å². The van der Waals surface area contributed by atoms with Crippen molar-refractivity contribution in [1.82, 2.24) is 0 Å². The van der Waals surface area contributed by atoms with Crippen LogP contribution in [0.25, 0.3) is 0 Å². The average molecular weight is 394 g/mol. The van der Waals surface area contributed by atoms with Gasteiger partial charge in [-0.3, -0.25) is 0 Å². The molecule has 0 aliphatic heterocycles. The summed E-state index contributed by atoms with van der Waals surface area (Å²) >= 11 is 0. The zero-order valence-corrected chi connectivity index (χ0v) is 8.84. The Morgan fingerprint density at radius 1 is 1.00 bits per heavy atom. The van der Waals surface area contributed by atoms with Crippen LogP contribution < -0.4 is 0 Å². The second-order valence-electron chi connectivity index (χ2n) is 0. The third-order valence-electron chi connectivity index (χ3n) is 0. The minimum atomic E-state index is 0. The average Bonchev–Trinajstić information content (AvgIpc) is 0. The first-order valence-corrected chi connectivity index (χ1v) is 0. The molecule has 0 bridgehead atoms. The van der Waals surface area contributed by atoms with Gasteiger partial charge >= 0.3 is 0 Å². The molecule has 4 heavy (non-hydrogen) atoms. The Morgan fingerprint density at radius 3 is 1.00 bits per heavy atom. The van der Waals surface area contributed by atoms with Crippen molar-refractivity contribution >= 4 is 0 Å². The summed E-state index contributed by atoms with van der Waals surface area (Å²) in [5.74, 6) is 0. The van der Waals surface area contributed by atoms with E-state index in [9.17, 15) is 0 Å². The summed E-state index contributed by atoms with van der Waals surface area (Å²) in [5, 5.41) is 0. The van der Waals surface area contributed by atoms with Gasteiger partial charge in [0.1, 0.15) is 0 Å². The first-order valence-electron chi connectivity index (χ1n) is 0. The van der Waals surface area contributed by atoms with Crippen molar-refractivity contribution in [3.05, 3.63) is 0 Å². The van der Waals surface area contributed by atoms with E-state index < -0.39 is 0 Å². The van der Waals surface area contributed by atoms with E-state index in [-0.39, 0.29) is 77.8 Å². The molecule has 0 heterocycles. The van der Waals surface area contributed by atoms with E-state index in [0.29, 0.717) is 0 Å². The third-order valence-corrected chi connectivity index (χ3v) is 0. The van der Waals surface area contributed by atoms with Crippen molar-refractivity contribution in [2.75, 3.05) is 0 Å². The van der Waals surface area contributed by atoms with Crippen molar-refractivity contribution in [3.63, 3.8) is 0 Å². The van der Waals surface area contributed by atoms with E-state index >= 15 is 0 Å². The van der Waals surface area contributed by atoms with Crippen molar-refractivity contribution in [3.8, 4) is 0 Å². The first kappa shape index (κ1) is 31.6.